The van der Waals surface area contributed by atoms with Gasteiger partial charge in [-0.15, -0.1) is 0 Å². The van der Waals surface area contributed by atoms with E-state index < -0.39 is 0 Å². The minimum Gasteiger partial charge on any atom is -0.325 e. The van der Waals surface area contributed by atoms with Crippen LogP contribution in [0.2, 0.25) is 0 Å². The SMILES string of the molecule is Cc1ccccc1N1C=CN(c2c(-c3ccccc3)cccc2-c2ccccc2)[C@@H]1C. The fraction of sp³-hybridized carbons (Fsp3) is 0.103. The molecule has 0 bridgehead atoms. The summed E-state index contributed by atoms with van der Waals surface area (Å²) in [6.07, 6.45) is 4.57. The molecule has 0 aromatic heterocycles. The van der Waals surface area contributed by atoms with Crippen LogP contribution in [0.3, 0.4) is 0 Å². The van der Waals surface area contributed by atoms with Crippen molar-refractivity contribution < 1.29 is 0 Å². The summed E-state index contributed by atoms with van der Waals surface area (Å²) in [6, 6.07) is 36.5. The third-order valence-corrected chi connectivity index (χ3v) is 6.05. The number of para-hydroxylation sites is 2. The van der Waals surface area contributed by atoms with Gasteiger partial charge >= 0.3 is 0 Å². The average Bonchev–Trinajstić information content (AvgIpc) is 3.20. The second-order valence-electron chi connectivity index (χ2n) is 7.96. The lowest BCUT2D eigenvalue weighted by Gasteiger charge is -2.33. The molecule has 0 saturated heterocycles. The van der Waals surface area contributed by atoms with Crippen molar-refractivity contribution in [3.63, 3.8) is 0 Å². The van der Waals surface area contributed by atoms with Crippen molar-refractivity contribution in [1.82, 2.24) is 0 Å². The molecule has 0 saturated carbocycles. The molecule has 0 radical (unpaired) electrons. The zero-order chi connectivity index (χ0) is 21.2. The monoisotopic (exact) mass is 402 g/mol. The van der Waals surface area contributed by atoms with Crippen molar-refractivity contribution in [1.29, 1.82) is 0 Å². The Kier molecular flexibility index (Phi) is 5.05. The minimum absolute atomic E-state index is 0.161. The van der Waals surface area contributed by atoms with Gasteiger partial charge in [0, 0.05) is 29.2 Å². The maximum absolute atomic E-state index is 2.40. The van der Waals surface area contributed by atoms with Crippen molar-refractivity contribution in [2.75, 3.05) is 9.80 Å². The van der Waals surface area contributed by atoms with Crippen molar-refractivity contribution in [3.8, 4) is 22.3 Å². The third-order valence-electron chi connectivity index (χ3n) is 6.05. The summed E-state index contributed by atoms with van der Waals surface area (Å²) in [5.41, 5.74) is 8.69. The molecule has 1 heterocycles. The summed E-state index contributed by atoms with van der Waals surface area (Å²) < 4.78 is 0. The fourth-order valence-electron chi connectivity index (χ4n) is 4.45. The van der Waals surface area contributed by atoms with Crippen LogP contribution in [0.25, 0.3) is 22.3 Å². The molecule has 1 aliphatic heterocycles. The molecule has 2 heteroatoms. The molecule has 2 nitrogen and oxygen atoms in total. The highest BCUT2D eigenvalue weighted by Crippen LogP contribution is 2.43. The van der Waals surface area contributed by atoms with E-state index in [1.807, 2.05) is 0 Å². The molecule has 0 unspecified atom stereocenters. The van der Waals surface area contributed by atoms with Gasteiger partial charge in [0.1, 0.15) is 6.17 Å². The van der Waals surface area contributed by atoms with Gasteiger partial charge in [-0.2, -0.15) is 0 Å². The molecular formula is C29H26N2. The summed E-state index contributed by atoms with van der Waals surface area (Å²) >= 11 is 0. The molecular weight excluding hydrogens is 376 g/mol. The highest BCUT2D eigenvalue weighted by molar-refractivity contribution is 5.92. The Morgan fingerprint density at radius 1 is 0.548 bits per heavy atom. The van der Waals surface area contributed by atoms with E-state index in [9.17, 15) is 0 Å². The van der Waals surface area contributed by atoms with Crippen molar-refractivity contribution in [3.05, 3.63) is 121 Å². The summed E-state index contributed by atoms with van der Waals surface area (Å²) in [7, 11) is 0. The van der Waals surface area contributed by atoms with E-state index in [1.165, 1.54) is 39.2 Å². The second kappa shape index (κ2) is 8.16. The number of benzene rings is 4. The van der Waals surface area contributed by atoms with E-state index in [0.717, 1.165) is 0 Å². The zero-order valence-electron chi connectivity index (χ0n) is 17.9. The van der Waals surface area contributed by atoms with Gasteiger partial charge in [0.2, 0.25) is 0 Å². The van der Waals surface area contributed by atoms with Crippen LogP contribution in [0.1, 0.15) is 12.5 Å². The maximum Gasteiger partial charge on any atom is 0.107 e. The van der Waals surface area contributed by atoms with E-state index >= 15 is 0 Å². The second-order valence-corrected chi connectivity index (χ2v) is 7.96. The molecule has 5 rings (SSSR count). The molecule has 152 valence electrons. The number of hydrogen-bond donors (Lipinski definition) is 0. The predicted molar refractivity (Wildman–Crippen MR) is 132 cm³/mol. The van der Waals surface area contributed by atoms with Crippen LogP contribution in [-0.2, 0) is 0 Å². The van der Waals surface area contributed by atoms with E-state index in [0.29, 0.717) is 0 Å². The molecule has 0 fully saturated rings. The lowest BCUT2D eigenvalue weighted by molar-refractivity contribution is 0.749. The Morgan fingerprint density at radius 3 is 1.65 bits per heavy atom. The summed E-state index contributed by atoms with van der Waals surface area (Å²) in [5, 5.41) is 0. The van der Waals surface area contributed by atoms with Crippen LogP contribution in [-0.4, -0.2) is 6.17 Å². The first kappa shape index (κ1) is 19.2. The molecule has 0 aliphatic carbocycles. The Labute approximate surface area is 184 Å². The molecule has 0 N–H and O–H groups in total. The molecule has 4 aromatic rings. The molecule has 1 aliphatic rings. The smallest absolute Gasteiger partial charge is 0.107 e. The van der Waals surface area contributed by atoms with Crippen LogP contribution in [0.4, 0.5) is 11.4 Å². The summed E-state index contributed by atoms with van der Waals surface area (Å²) in [5.74, 6) is 0. The predicted octanol–water partition coefficient (Wildman–Crippen LogP) is 7.47. The highest BCUT2D eigenvalue weighted by Gasteiger charge is 2.28. The maximum atomic E-state index is 2.40. The number of aryl methyl sites for hydroxylation is 1. The van der Waals surface area contributed by atoms with Crippen LogP contribution in [0, 0.1) is 6.92 Å². The van der Waals surface area contributed by atoms with Crippen molar-refractivity contribution in [2.45, 2.75) is 20.0 Å². The molecule has 1 atom stereocenters. The third kappa shape index (κ3) is 3.51. The van der Waals surface area contributed by atoms with E-state index in [4.69, 9.17) is 0 Å². The van der Waals surface area contributed by atoms with Crippen LogP contribution < -0.4 is 9.80 Å². The summed E-state index contributed by atoms with van der Waals surface area (Å²) in [4.78, 5) is 4.75. The average molecular weight is 403 g/mol. The van der Waals surface area contributed by atoms with Gasteiger partial charge in [-0.05, 0) is 36.6 Å². The van der Waals surface area contributed by atoms with Gasteiger partial charge in [-0.3, -0.25) is 0 Å². The number of rotatable bonds is 4. The number of hydrogen-bond acceptors (Lipinski definition) is 2. The van der Waals surface area contributed by atoms with Crippen LogP contribution >= 0.6 is 0 Å². The quantitative estimate of drug-likeness (QED) is 0.349. The Balaban J connectivity index is 1.66. The van der Waals surface area contributed by atoms with Gasteiger partial charge in [-0.1, -0.05) is 97.1 Å². The van der Waals surface area contributed by atoms with Crippen LogP contribution in [0.15, 0.2) is 116 Å². The van der Waals surface area contributed by atoms with Gasteiger partial charge in [0.15, 0.2) is 0 Å². The van der Waals surface area contributed by atoms with E-state index in [2.05, 4.69) is 139 Å². The standard InChI is InChI=1S/C29H26N2/c1-22-12-9-10-19-28(22)30-20-21-31(23(30)2)29-26(24-13-5-3-6-14-24)17-11-18-27(29)25-15-7-4-8-16-25/h3-21,23H,1-2H3/t23-/m1/s1. The minimum atomic E-state index is 0.161. The normalized spacial score (nSPS) is 15.5. The highest BCUT2D eigenvalue weighted by atomic mass is 15.4. The van der Waals surface area contributed by atoms with Gasteiger partial charge < -0.3 is 9.80 Å². The molecule has 31 heavy (non-hydrogen) atoms. The number of anilines is 2. The van der Waals surface area contributed by atoms with Crippen molar-refractivity contribution >= 4 is 11.4 Å². The largest absolute Gasteiger partial charge is 0.325 e. The first-order valence-electron chi connectivity index (χ1n) is 10.8. The van der Waals surface area contributed by atoms with Gasteiger partial charge in [-0.25, -0.2) is 0 Å². The number of nitrogens with zero attached hydrogens (tertiary/aromatic N) is 2. The first-order valence-corrected chi connectivity index (χ1v) is 10.8. The van der Waals surface area contributed by atoms with Gasteiger partial charge in [0.25, 0.3) is 0 Å². The van der Waals surface area contributed by atoms with E-state index in [1.54, 1.807) is 0 Å². The summed E-state index contributed by atoms with van der Waals surface area (Å²) in [6.45, 7) is 4.44. The fourth-order valence-corrected chi connectivity index (χ4v) is 4.45. The molecule has 0 amide bonds. The molecule has 4 aromatic carbocycles. The topological polar surface area (TPSA) is 6.48 Å². The van der Waals surface area contributed by atoms with Crippen molar-refractivity contribution in [2.24, 2.45) is 0 Å². The zero-order valence-corrected chi connectivity index (χ0v) is 17.9. The first-order chi connectivity index (χ1) is 15.2. The van der Waals surface area contributed by atoms with Gasteiger partial charge in [0.05, 0.1) is 5.69 Å². The Morgan fingerprint density at radius 2 is 1.06 bits per heavy atom. The van der Waals surface area contributed by atoms with Crippen LogP contribution in [0.5, 0.6) is 0 Å². The van der Waals surface area contributed by atoms with E-state index in [-0.39, 0.29) is 6.17 Å². The lowest BCUT2D eigenvalue weighted by atomic mass is 9.95. The Bertz CT molecular complexity index is 1150. The lowest BCUT2D eigenvalue weighted by Crippen LogP contribution is -2.36. The Hall–Kier alpha value is -3.78. The molecule has 0 spiro atoms.